The minimum atomic E-state index is -0.537. The molecular weight excluding hydrogens is 1380 g/mol. The molecule has 620 valence electrons. The molecule has 0 rings (SSSR count). The van der Waals surface area contributed by atoms with Gasteiger partial charge in [-0.25, -0.2) is 0 Å². The number of unbranched alkanes of at least 4 members (excludes halogenated alkanes) is 9. The SMILES string of the molecule is CC(=O)N(CO)C(C)=O.CCC(=O)N(CO)C(C)=O.CCCC(=O)N(CO)C(C)=O.CCCCC(=O)N(CO)C(C)=O.CCCCCC(=O)N(CO)C(C)=O.CCCCCCN(CO)C(C)=O.CCCCCN(CO)C(C)=O.CCCCN(CO)C(C)=O.CCCN(CO)C(C)=O.CCN(CO)C(C)=O. The molecule has 0 unspecified atom stereocenters. The Balaban J connectivity index is -0.000000120. The number of carbonyl (C=O) groups is 15. The molecule has 0 atom stereocenters. The van der Waals surface area contributed by atoms with E-state index in [9.17, 15) is 71.9 Å². The number of hydrogen-bond acceptors (Lipinski definition) is 25. The topological polar surface area (TPSA) is 491 Å². The van der Waals surface area contributed by atoms with E-state index < -0.39 is 69.1 Å². The molecular formula is C70H140N10O25. The second kappa shape index (κ2) is 83.9. The van der Waals surface area contributed by atoms with Gasteiger partial charge in [-0.15, -0.1) is 0 Å². The van der Waals surface area contributed by atoms with E-state index in [4.69, 9.17) is 51.1 Å². The number of amides is 15. The van der Waals surface area contributed by atoms with Gasteiger partial charge in [0.15, 0.2) is 0 Å². The number of carbonyl (C=O) groups excluding carboxylic acids is 15. The molecule has 105 heavy (non-hydrogen) atoms. The van der Waals surface area contributed by atoms with Crippen LogP contribution in [0.4, 0.5) is 0 Å². The number of aliphatic hydroxyl groups is 10. The highest BCUT2D eigenvalue weighted by Crippen LogP contribution is 2.05. The highest BCUT2D eigenvalue weighted by molar-refractivity contribution is 5.96. The standard InChI is InChI=1S/C9H17NO3.C9H19NO2.C8H15NO3.C8H17NO2.C7H13NO3.C7H15NO2.C6H11NO3.C6H13NO2.C5H9NO3.C5H11NO2/c1-3-4-5-6-9(13)10(7-11)8(2)12;1-3-4-5-6-7-10(8-11)9(2)12;1-3-4-5-8(12)9(6-10)7(2)11;1-3-4-5-6-9(7-10)8(2)11;1-3-4-7(11)8(5-9)6(2)10;1-3-4-5-8(6-9)7(2)10;1-3-6(10)7(4-8)5(2)9;1-3-4-7(5-8)6(2)9;1-4(8)6(3-7)5(2)9;1-3-6(4-7)5(2)8/h11H,3-7H2,1-2H3;11H,3-8H2,1-2H3;10H,3-6H2,1-2H3;10H,3-7H2,1-2H3;9H,3-5H2,1-2H3;9H,3-6H2,1-2H3;8H,3-4H2,1-2H3;8H,3-5H2,1-2H3;7H,3H2,1-2H3;7H,3-4H2,1-2H3. The first-order valence-electron chi connectivity index (χ1n) is 35.6. The van der Waals surface area contributed by atoms with Gasteiger partial charge in [0, 0.05) is 135 Å². The van der Waals surface area contributed by atoms with Gasteiger partial charge in [0.1, 0.15) is 67.3 Å². The van der Waals surface area contributed by atoms with Crippen molar-refractivity contribution >= 4 is 88.6 Å². The average molecular weight is 1520 g/mol. The Morgan fingerprint density at radius 1 is 0.200 bits per heavy atom. The fourth-order valence-electron chi connectivity index (χ4n) is 7.14. The second-order valence-electron chi connectivity index (χ2n) is 22.5. The molecule has 35 nitrogen and oxygen atoms in total. The fraction of sp³-hybridized carbons (Fsp3) is 0.786. The van der Waals surface area contributed by atoms with Crippen LogP contribution in [0.3, 0.4) is 0 Å². The number of aliphatic hydroxyl groups excluding tert-OH is 10. The number of rotatable bonds is 35. The summed E-state index contributed by atoms with van der Waals surface area (Å²) < 4.78 is 0. The molecule has 10 N–H and O–H groups in total. The molecule has 0 fully saturated rings. The van der Waals surface area contributed by atoms with Crippen molar-refractivity contribution in [1.29, 1.82) is 0 Å². The van der Waals surface area contributed by atoms with Gasteiger partial charge in [0.2, 0.25) is 88.6 Å². The molecule has 0 bridgehead atoms. The van der Waals surface area contributed by atoms with Gasteiger partial charge in [-0.05, 0) is 51.9 Å². The van der Waals surface area contributed by atoms with Gasteiger partial charge in [0.05, 0.1) is 0 Å². The second-order valence-corrected chi connectivity index (χ2v) is 22.5. The lowest BCUT2D eigenvalue weighted by Gasteiger charge is -2.17. The third kappa shape index (κ3) is 76.1. The number of imide groups is 5. The maximum atomic E-state index is 11.2. The average Bonchev–Trinajstić information content (AvgIpc) is 0.969. The summed E-state index contributed by atoms with van der Waals surface area (Å²) in [4.78, 5) is 172. The molecule has 0 heterocycles. The first kappa shape index (κ1) is 119. The predicted molar refractivity (Wildman–Crippen MR) is 395 cm³/mol. The van der Waals surface area contributed by atoms with Crippen LogP contribution in [0.25, 0.3) is 0 Å². The van der Waals surface area contributed by atoms with E-state index in [0.717, 1.165) is 108 Å². The van der Waals surface area contributed by atoms with Crippen LogP contribution in [-0.2, 0) is 71.9 Å². The van der Waals surface area contributed by atoms with E-state index in [1.54, 1.807) is 6.92 Å². The molecule has 0 aliphatic carbocycles. The zero-order valence-corrected chi connectivity index (χ0v) is 67.3. The zero-order chi connectivity index (χ0) is 84.2. The fourth-order valence-corrected chi connectivity index (χ4v) is 7.14. The van der Waals surface area contributed by atoms with E-state index in [0.29, 0.717) is 58.4 Å². The van der Waals surface area contributed by atoms with Crippen molar-refractivity contribution < 1.29 is 123 Å². The van der Waals surface area contributed by atoms with Gasteiger partial charge < -0.3 is 75.6 Å². The molecule has 0 aliphatic rings. The van der Waals surface area contributed by atoms with Gasteiger partial charge in [-0.1, -0.05) is 113 Å². The zero-order valence-electron chi connectivity index (χ0n) is 67.3. The summed E-state index contributed by atoms with van der Waals surface area (Å²) in [5.41, 5.74) is 0. The molecule has 0 saturated carbocycles. The molecule has 15 amide bonds. The van der Waals surface area contributed by atoms with Gasteiger partial charge in [-0.2, -0.15) is 0 Å². The van der Waals surface area contributed by atoms with Crippen LogP contribution in [0.1, 0.15) is 267 Å². The van der Waals surface area contributed by atoms with Crippen LogP contribution in [-0.4, -0.2) is 289 Å². The van der Waals surface area contributed by atoms with Crippen molar-refractivity contribution in [3.05, 3.63) is 0 Å². The third-order valence-corrected chi connectivity index (χ3v) is 13.7. The summed E-state index contributed by atoms with van der Waals surface area (Å²) in [7, 11) is 0. The third-order valence-electron chi connectivity index (χ3n) is 13.7. The lowest BCUT2D eigenvalue weighted by atomic mass is 10.2. The Hall–Kier alpha value is -7.35. The van der Waals surface area contributed by atoms with Crippen molar-refractivity contribution in [3.8, 4) is 0 Å². The van der Waals surface area contributed by atoms with E-state index in [1.165, 1.54) is 114 Å². The quantitative estimate of drug-likeness (QED) is 0.0321. The summed E-state index contributed by atoms with van der Waals surface area (Å²) in [6, 6.07) is 0. The maximum absolute atomic E-state index is 11.2. The molecule has 0 saturated heterocycles. The van der Waals surface area contributed by atoms with Gasteiger partial charge >= 0.3 is 0 Å². The van der Waals surface area contributed by atoms with Crippen molar-refractivity contribution in [2.45, 2.75) is 267 Å². The van der Waals surface area contributed by atoms with Crippen molar-refractivity contribution in [2.24, 2.45) is 0 Å². The first-order valence-corrected chi connectivity index (χ1v) is 35.6. The van der Waals surface area contributed by atoms with Crippen molar-refractivity contribution in [1.82, 2.24) is 49.0 Å². The molecule has 0 aromatic rings. The minimum absolute atomic E-state index is 0.0472. The molecule has 35 heteroatoms. The Morgan fingerprint density at radius 3 is 0.629 bits per heavy atom. The number of hydrogen-bond donors (Lipinski definition) is 10. The monoisotopic (exact) mass is 1520 g/mol. The van der Waals surface area contributed by atoms with Crippen molar-refractivity contribution in [2.75, 3.05) is 100 Å². The normalized spacial score (nSPS) is 9.43. The van der Waals surface area contributed by atoms with Crippen LogP contribution < -0.4 is 0 Å². The minimum Gasteiger partial charge on any atom is -0.376 e. The summed E-state index contributed by atoms with van der Waals surface area (Å²) in [6.45, 7) is 32.2. The molecule has 0 radical (unpaired) electrons. The van der Waals surface area contributed by atoms with Gasteiger partial charge in [0.25, 0.3) is 0 Å². The Kier molecular flexibility index (Phi) is 94.9. The first-order chi connectivity index (χ1) is 49.2. The summed E-state index contributed by atoms with van der Waals surface area (Å²) in [5.74, 6) is -4.09. The Labute approximate surface area is 625 Å². The summed E-state index contributed by atoms with van der Waals surface area (Å²) in [5, 5.41) is 85.8. The Morgan fingerprint density at radius 2 is 0.438 bits per heavy atom. The molecule has 0 aromatic heterocycles. The van der Waals surface area contributed by atoms with Crippen molar-refractivity contribution in [3.63, 3.8) is 0 Å². The molecule has 0 spiro atoms. The van der Waals surface area contributed by atoms with Crippen LogP contribution in [0.5, 0.6) is 0 Å². The van der Waals surface area contributed by atoms with Crippen LogP contribution in [0.15, 0.2) is 0 Å². The van der Waals surface area contributed by atoms with Gasteiger partial charge in [-0.3, -0.25) is 96.4 Å². The van der Waals surface area contributed by atoms with E-state index >= 15 is 0 Å². The largest absolute Gasteiger partial charge is 0.376 e. The van der Waals surface area contributed by atoms with Crippen LogP contribution in [0.2, 0.25) is 0 Å². The van der Waals surface area contributed by atoms with Crippen LogP contribution >= 0.6 is 0 Å². The lowest BCUT2D eigenvalue weighted by molar-refractivity contribution is -0.149. The predicted octanol–water partition coefficient (Wildman–Crippen LogP) is 3.48. The van der Waals surface area contributed by atoms with E-state index in [-0.39, 0.29) is 93.2 Å². The molecule has 0 aromatic carbocycles. The Bertz CT molecular complexity index is 2300. The summed E-state index contributed by atoms with van der Waals surface area (Å²) >= 11 is 0. The van der Waals surface area contributed by atoms with E-state index in [1.807, 2.05) is 34.6 Å². The summed E-state index contributed by atoms with van der Waals surface area (Å²) in [6.07, 6.45) is 17.0. The smallest absolute Gasteiger partial charge is 0.231 e. The lowest BCUT2D eigenvalue weighted by Crippen LogP contribution is -2.35. The highest BCUT2D eigenvalue weighted by Gasteiger charge is 2.18. The van der Waals surface area contributed by atoms with Crippen LogP contribution in [0, 0.1) is 0 Å². The highest BCUT2D eigenvalue weighted by atomic mass is 16.3. The van der Waals surface area contributed by atoms with E-state index in [2.05, 4.69) is 20.8 Å². The number of nitrogens with zero attached hydrogens (tertiary/aromatic N) is 10. The maximum Gasteiger partial charge on any atom is 0.231 e. The molecule has 0 aliphatic heterocycles.